The van der Waals surface area contributed by atoms with E-state index in [0.717, 1.165) is 17.5 Å². The van der Waals surface area contributed by atoms with Crippen molar-refractivity contribution in [3.63, 3.8) is 0 Å². The Kier molecular flexibility index (Phi) is 6.26. The van der Waals surface area contributed by atoms with Crippen molar-refractivity contribution in [2.75, 3.05) is 20.0 Å². The van der Waals surface area contributed by atoms with Gasteiger partial charge in [0.15, 0.2) is 23.9 Å². The molecule has 0 atom stereocenters. The second kappa shape index (κ2) is 9.03. The molecule has 1 heterocycles. The van der Waals surface area contributed by atoms with Gasteiger partial charge < -0.3 is 19.0 Å². The van der Waals surface area contributed by atoms with Crippen molar-refractivity contribution in [2.24, 2.45) is 5.16 Å². The summed E-state index contributed by atoms with van der Waals surface area (Å²) in [5, 5.41) is 3.90. The molecule has 1 aliphatic heterocycles. The molecule has 0 radical (unpaired) electrons. The molecular formula is C21H21NO6. The predicted octanol–water partition coefficient (Wildman–Crippen LogP) is 3.14. The van der Waals surface area contributed by atoms with E-state index in [4.69, 9.17) is 19.0 Å². The number of aryl methyl sites for hydroxylation is 1. The first-order valence-electron chi connectivity index (χ1n) is 8.91. The molecule has 1 aliphatic rings. The van der Waals surface area contributed by atoms with Crippen molar-refractivity contribution in [1.82, 2.24) is 0 Å². The Morgan fingerprint density at radius 1 is 1.00 bits per heavy atom. The van der Waals surface area contributed by atoms with Gasteiger partial charge in [-0.25, -0.2) is 4.79 Å². The van der Waals surface area contributed by atoms with Crippen LogP contribution in [-0.4, -0.2) is 37.5 Å². The number of ketones is 1. The van der Waals surface area contributed by atoms with Gasteiger partial charge in [0.25, 0.3) is 0 Å². The molecule has 0 bridgehead atoms. The number of hydrogen-bond donors (Lipinski definition) is 0. The summed E-state index contributed by atoms with van der Waals surface area (Å²) in [5.41, 5.74) is 2.99. The van der Waals surface area contributed by atoms with E-state index in [2.05, 4.69) is 5.16 Å². The Labute approximate surface area is 162 Å². The van der Waals surface area contributed by atoms with Crippen LogP contribution >= 0.6 is 0 Å². The zero-order chi connectivity index (χ0) is 19.9. The standard InChI is InChI=1S/C21H21NO6/c1-3-15-4-6-16(7-5-15)18(23)11-25-21(24)12-28-22-14(2)17-8-9-19-20(10-17)27-13-26-19/h4-10H,3,11-13H2,1-2H3. The molecule has 3 rings (SSSR count). The van der Waals surface area contributed by atoms with Gasteiger partial charge in [0, 0.05) is 11.1 Å². The Morgan fingerprint density at radius 3 is 2.46 bits per heavy atom. The van der Waals surface area contributed by atoms with E-state index in [-0.39, 0.29) is 25.8 Å². The second-order valence-electron chi connectivity index (χ2n) is 6.15. The third-order valence-corrected chi connectivity index (χ3v) is 4.22. The van der Waals surface area contributed by atoms with Crippen LogP contribution in [0.4, 0.5) is 0 Å². The first-order valence-corrected chi connectivity index (χ1v) is 8.91. The van der Waals surface area contributed by atoms with Crippen molar-refractivity contribution in [1.29, 1.82) is 0 Å². The number of Topliss-reactive ketones (excluding diaryl/α,β-unsaturated/α-hetero) is 1. The van der Waals surface area contributed by atoms with Gasteiger partial charge in [-0.1, -0.05) is 36.3 Å². The van der Waals surface area contributed by atoms with E-state index < -0.39 is 5.97 Å². The molecule has 0 fully saturated rings. The van der Waals surface area contributed by atoms with Crippen LogP contribution in [-0.2, 0) is 20.8 Å². The highest BCUT2D eigenvalue weighted by molar-refractivity contribution is 5.99. The minimum Gasteiger partial charge on any atom is -0.455 e. The summed E-state index contributed by atoms with van der Waals surface area (Å²) < 4.78 is 15.5. The normalized spacial score (nSPS) is 12.6. The highest BCUT2D eigenvalue weighted by atomic mass is 16.7. The number of hydrogen-bond acceptors (Lipinski definition) is 7. The number of benzene rings is 2. The minimum absolute atomic E-state index is 0.193. The summed E-state index contributed by atoms with van der Waals surface area (Å²) in [5.74, 6) is 0.379. The van der Waals surface area contributed by atoms with Crippen LogP contribution in [0.3, 0.4) is 0 Å². The fraction of sp³-hybridized carbons (Fsp3) is 0.286. The molecule has 0 aliphatic carbocycles. The molecule has 0 amide bonds. The first kappa shape index (κ1) is 19.4. The maximum absolute atomic E-state index is 12.0. The van der Waals surface area contributed by atoms with E-state index in [0.29, 0.717) is 22.8 Å². The minimum atomic E-state index is -0.666. The number of oxime groups is 1. The van der Waals surface area contributed by atoms with Crippen LogP contribution in [0.5, 0.6) is 11.5 Å². The number of fused-ring (bicyclic) bond motifs is 1. The van der Waals surface area contributed by atoms with E-state index >= 15 is 0 Å². The predicted molar refractivity (Wildman–Crippen MR) is 102 cm³/mol. The van der Waals surface area contributed by atoms with E-state index in [1.54, 1.807) is 31.2 Å². The van der Waals surface area contributed by atoms with Crippen LogP contribution in [0.25, 0.3) is 0 Å². The van der Waals surface area contributed by atoms with Crippen molar-refractivity contribution < 1.29 is 28.6 Å². The van der Waals surface area contributed by atoms with E-state index in [9.17, 15) is 9.59 Å². The molecule has 7 heteroatoms. The van der Waals surface area contributed by atoms with Gasteiger partial charge in [-0.05, 0) is 37.1 Å². The Bertz CT molecular complexity index is 888. The van der Waals surface area contributed by atoms with Gasteiger partial charge in [-0.3, -0.25) is 4.79 Å². The molecule has 2 aromatic rings. The lowest BCUT2D eigenvalue weighted by atomic mass is 10.1. The van der Waals surface area contributed by atoms with Crippen molar-refractivity contribution in [3.8, 4) is 11.5 Å². The number of esters is 1. The summed E-state index contributed by atoms with van der Waals surface area (Å²) in [6.07, 6.45) is 0.896. The van der Waals surface area contributed by atoms with E-state index in [1.165, 1.54) is 0 Å². The topological polar surface area (TPSA) is 83.4 Å². The number of rotatable bonds is 8. The number of carbonyl (C=O) groups excluding carboxylic acids is 2. The fourth-order valence-electron chi connectivity index (χ4n) is 2.55. The maximum atomic E-state index is 12.0. The van der Waals surface area contributed by atoms with Gasteiger partial charge in [-0.15, -0.1) is 0 Å². The molecule has 0 saturated heterocycles. The average Bonchev–Trinajstić information content (AvgIpc) is 3.19. The molecule has 28 heavy (non-hydrogen) atoms. The third-order valence-electron chi connectivity index (χ3n) is 4.22. The number of nitrogens with zero attached hydrogens (tertiary/aromatic N) is 1. The molecule has 0 saturated carbocycles. The smallest absolute Gasteiger partial charge is 0.347 e. The Morgan fingerprint density at radius 2 is 1.71 bits per heavy atom. The van der Waals surface area contributed by atoms with Gasteiger partial charge >= 0.3 is 5.97 Å². The van der Waals surface area contributed by atoms with Gasteiger partial charge in [0.05, 0.1) is 5.71 Å². The lowest BCUT2D eigenvalue weighted by molar-refractivity contribution is -0.147. The van der Waals surface area contributed by atoms with Crippen LogP contribution in [0.15, 0.2) is 47.6 Å². The largest absolute Gasteiger partial charge is 0.455 e. The lowest BCUT2D eigenvalue weighted by Gasteiger charge is -2.05. The van der Waals surface area contributed by atoms with Crippen molar-refractivity contribution in [3.05, 3.63) is 59.2 Å². The molecular weight excluding hydrogens is 362 g/mol. The highest BCUT2D eigenvalue weighted by Crippen LogP contribution is 2.32. The van der Waals surface area contributed by atoms with Crippen LogP contribution in [0.2, 0.25) is 0 Å². The number of ether oxygens (including phenoxy) is 3. The monoisotopic (exact) mass is 383 g/mol. The number of carbonyl (C=O) groups is 2. The first-order chi connectivity index (χ1) is 13.6. The highest BCUT2D eigenvalue weighted by Gasteiger charge is 2.14. The molecule has 2 aromatic carbocycles. The zero-order valence-electron chi connectivity index (χ0n) is 15.8. The summed E-state index contributed by atoms with van der Waals surface area (Å²) in [6, 6.07) is 12.6. The van der Waals surface area contributed by atoms with Gasteiger partial charge in [0.2, 0.25) is 13.4 Å². The van der Waals surface area contributed by atoms with E-state index in [1.807, 2.05) is 25.1 Å². The second-order valence-corrected chi connectivity index (χ2v) is 6.15. The summed E-state index contributed by atoms with van der Waals surface area (Å²) >= 11 is 0. The molecule has 7 nitrogen and oxygen atoms in total. The molecule has 146 valence electrons. The quantitative estimate of drug-likeness (QED) is 0.301. The molecule has 0 aromatic heterocycles. The van der Waals surface area contributed by atoms with Gasteiger partial charge in [0.1, 0.15) is 0 Å². The van der Waals surface area contributed by atoms with Crippen molar-refractivity contribution >= 4 is 17.5 Å². The SMILES string of the molecule is CCc1ccc(C(=O)COC(=O)CON=C(C)c2ccc3c(c2)OCO3)cc1. The Hall–Kier alpha value is -3.35. The third kappa shape index (κ3) is 4.88. The van der Waals surface area contributed by atoms with Crippen LogP contribution in [0.1, 0.15) is 35.3 Å². The fourth-order valence-corrected chi connectivity index (χ4v) is 2.55. The summed E-state index contributed by atoms with van der Waals surface area (Å²) in [4.78, 5) is 28.8. The zero-order valence-corrected chi connectivity index (χ0v) is 15.8. The lowest BCUT2D eigenvalue weighted by Crippen LogP contribution is -2.17. The maximum Gasteiger partial charge on any atom is 0.347 e. The molecule has 0 N–H and O–H groups in total. The van der Waals surface area contributed by atoms with Crippen LogP contribution in [0, 0.1) is 0 Å². The van der Waals surface area contributed by atoms with Crippen molar-refractivity contribution in [2.45, 2.75) is 20.3 Å². The Balaban J connectivity index is 1.44. The van der Waals surface area contributed by atoms with Gasteiger partial charge in [-0.2, -0.15) is 0 Å². The molecule has 0 unspecified atom stereocenters. The summed E-state index contributed by atoms with van der Waals surface area (Å²) in [7, 11) is 0. The average molecular weight is 383 g/mol. The van der Waals surface area contributed by atoms with Crippen LogP contribution < -0.4 is 9.47 Å². The summed E-state index contributed by atoms with van der Waals surface area (Å²) in [6.45, 7) is 3.25. The molecule has 0 spiro atoms.